The van der Waals surface area contributed by atoms with Gasteiger partial charge >= 0.3 is 0 Å². The molecule has 2 rings (SSSR count). The molecule has 0 saturated heterocycles. The van der Waals surface area contributed by atoms with Gasteiger partial charge < -0.3 is 5.32 Å². The Morgan fingerprint density at radius 2 is 1.79 bits per heavy atom. The number of hydrogen-bond acceptors (Lipinski definition) is 2. The van der Waals surface area contributed by atoms with E-state index >= 15 is 0 Å². The van der Waals surface area contributed by atoms with E-state index in [9.17, 15) is 14.0 Å². The summed E-state index contributed by atoms with van der Waals surface area (Å²) in [5.41, 5.74) is 0.451. The molecule has 1 unspecified atom stereocenters. The van der Waals surface area contributed by atoms with Crippen LogP contribution in [0.4, 0.5) is 4.39 Å². The lowest BCUT2D eigenvalue weighted by molar-refractivity contribution is -0.119. The zero-order chi connectivity index (χ0) is 13.8. The summed E-state index contributed by atoms with van der Waals surface area (Å²) >= 11 is 0. The number of Topliss-reactive ketones (excluding diaryl/α,β-unsaturated/α-hetero) is 1. The molecule has 3 nitrogen and oxygen atoms in total. The van der Waals surface area contributed by atoms with Gasteiger partial charge in [0.25, 0.3) is 0 Å². The minimum atomic E-state index is -0.481. The van der Waals surface area contributed by atoms with Gasteiger partial charge in [0.15, 0.2) is 5.78 Å². The topological polar surface area (TPSA) is 46.2 Å². The molecule has 1 aliphatic carbocycles. The minimum Gasteiger partial charge on any atom is -0.346 e. The van der Waals surface area contributed by atoms with Crippen LogP contribution in [0.2, 0.25) is 0 Å². The zero-order valence-electron chi connectivity index (χ0n) is 11.0. The van der Waals surface area contributed by atoms with Crippen molar-refractivity contribution in [3.63, 3.8) is 0 Å². The molecule has 1 saturated carbocycles. The minimum absolute atomic E-state index is 0.123. The van der Waals surface area contributed by atoms with E-state index in [2.05, 4.69) is 5.32 Å². The Balaban J connectivity index is 2.18. The van der Waals surface area contributed by atoms with Gasteiger partial charge in [-0.15, -0.1) is 0 Å². The van der Waals surface area contributed by atoms with Crippen LogP contribution >= 0.6 is 0 Å². The molecule has 0 spiro atoms. The lowest BCUT2D eigenvalue weighted by Gasteiger charge is -2.23. The van der Waals surface area contributed by atoms with Crippen LogP contribution in [0.1, 0.15) is 43.0 Å². The third kappa shape index (κ3) is 3.40. The molecule has 1 aromatic rings. The van der Waals surface area contributed by atoms with Crippen LogP contribution in [0.15, 0.2) is 24.3 Å². The Bertz CT molecular complexity index is 464. The molecule has 1 atom stereocenters. The Morgan fingerprint density at radius 1 is 1.21 bits per heavy atom. The Labute approximate surface area is 112 Å². The summed E-state index contributed by atoms with van der Waals surface area (Å²) in [5, 5.41) is 2.75. The zero-order valence-corrected chi connectivity index (χ0v) is 11.0. The number of hydrogen-bond donors (Lipinski definition) is 1. The van der Waals surface area contributed by atoms with Crippen molar-refractivity contribution in [2.24, 2.45) is 5.92 Å². The molecule has 0 heterocycles. The molecule has 1 aliphatic rings. The van der Waals surface area contributed by atoms with E-state index in [1.165, 1.54) is 31.2 Å². The first-order chi connectivity index (χ1) is 9.08. The van der Waals surface area contributed by atoms with Crippen LogP contribution in [0.25, 0.3) is 0 Å². The number of rotatable bonds is 4. The lowest BCUT2D eigenvalue weighted by atomic mass is 9.91. The Kier molecular flexibility index (Phi) is 4.30. The van der Waals surface area contributed by atoms with Gasteiger partial charge in [0.05, 0.1) is 6.04 Å². The van der Waals surface area contributed by atoms with Gasteiger partial charge in [-0.1, -0.05) is 12.8 Å². The maximum atomic E-state index is 12.9. The van der Waals surface area contributed by atoms with E-state index in [4.69, 9.17) is 0 Å². The van der Waals surface area contributed by atoms with Crippen molar-refractivity contribution in [3.8, 4) is 0 Å². The standard InChI is InChI=1S/C15H18FNO2/c1-10(18)17-14(11-4-2-3-5-11)15(19)12-6-8-13(16)9-7-12/h6-9,11,14H,2-5H2,1H3,(H,17,18). The van der Waals surface area contributed by atoms with Crippen LogP contribution in [-0.2, 0) is 4.79 Å². The summed E-state index contributed by atoms with van der Waals surface area (Å²) in [4.78, 5) is 23.7. The van der Waals surface area contributed by atoms with Gasteiger partial charge in [0.1, 0.15) is 5.82 Å². The van der Waals surface area contributed by atoms with E-state index in [1.54, 1.807) is 0 Å². The van der Waals surface area contributed by atoms with Gasteiger partial charge in [-0.3, -0.25) is 9.59 Å². The third-order valence-electron chi connectivity index (χ3n) is 3.64. The first-order valence-corrected chi connectivity index (χ1v) is 6.65. The smallest absolute Gasteiger partial charge is 0.217 e. The van der Waals surface area contributed by atoms with Crippen LogP contribution < -0.4 is 5.32 Å². The fraction of sp³-hybridized carbons (Fsp3) is 0.467. The fourth-order valence-corrected chi connectivity index (χ4v) is 2.70. The summed E-state index contributed by atoms with van der Waals surface area (Å²) in [7, 11) is 0. The maximum absolute atomic E-state index is 12.9. The highest BCUT2D eigenvalue weighted by Crippen LogP contribution is 2.29. The molecule has 1 N–H and O–H groups in total. The van der Waals surface area contributed by atoms with Gasteiger partial charge in [-0.25, -0.2) is 4.39 Å². The van der Waals surface area contributed by atoms with Gasteiger partial charge in [-0.05, 0) is 43.0 Å². The number of amides is 1. The van der Waals surface area contributed by atoms with Gasteiger partial charge in [-0.2, -0.15) is 0 Å². The molecule has 102 valence electrons. The second-order valence-electron chi connectivity index (χ2n) is 5.09. The first-order valence-electron chi connectivity index (χ1n) is 6.65. The van der Waals surface area contributed by atoms with Gasteiger partial charge in [0, 0.05) is 12.5 Å². The van der Waals surface area contributed by atoms with E-state index in [-0.39, 0.29) is 23.4 Å². The van der Waals surface area contributed by atoms with E-state index in [0.29, 0.717) is 5.56 Å². The number of ketones is 1. The highest BCUT2D eigenvalue weighted by molar-refractivity contribution is 6.02. The molecule has 0 aliphatic heterocycles. The second-order valence-corrected chi connectivity index (χ2v) is 5.09. The number of benzene rings is 1. The molecule has 4 heteroatoms. The second kappa shape index (κ2) is 5.95. The Morgan fingerprint density at radius 3 is 2.32 bits per heavy atom. The number of carbonyl (C=O) groups is 2. The SMILES string of the molecule is CC(=O)NC(C(=O)c1ccc(F)cc1)C1CCCC1. The summed E-state index contributed by atoms with van der Waals surface area (Å²) in [6, 6.07) is 5.01. The molecule has 1 fully saturated rings. The van der Waals surface area contributed by atoms with E-state index in [0.717, 1.165) is 25.7 Å². The number of carbonyl (C=O) groups excluding carboxylic acids is 2. The molecule has 0 radical (unpaired) electrons. The Hall–Kier alpha value is -1.71. The first kappa shape index (κ1) is 13.7. The third-order valence-corrected chi connectivity index (χ3v) is 3.64. The van der Waals surface area contributed by atoms with E-state index in [1.807, 2.05) is 0 Å². The van der Waals surface area contributed by atoms with Gasteiger partial charge in [0.2, 0.25) is 5.91 Å². The van der Waals surface area contributed by atoms with E-state index < -0.39 is 6.04 Å². The molecule has 1 amide bonds. The van der Waals surface area contributed by atoms with Crippen molar-refractivity contribution in [3.05, 3.63) is 35.6 Å². The summed E-state index contributed by atoms with van der Waals surface area (Å²) in [6.45, 7) is 1.42. The fourth-order valence-electron chi connectivity index (χ4n) is 2.70. The average Bonchev–Trinajstić information content (AvgIpc) is 2.89. The molecular formula is C15H18FNO2. The van der Waals surface area contributed by atoms with Crippen molar-refractivity contribution in [1.29, 1.82) is 0 Å². The molecule has 0 bridgehead atoms. The van der Waals surface area contributed by atoms with Crippen LogP contribution in [0.3, 0.4) is 0 Å². The number of halogens is 1. The predicted molar refractivity (Wildman–Crippen MR) is 70.3 cm³/mol. The van der Waals surface area contributed by atoms with Crippen LogP contribution in [-0.4, -0.2) is 17.7 Å². The normalized spacial score (nSPS) is 17.2. The molecular weight excluding hydrogens is 245 g/mol. The summed E-state index contributed by atoms with van der Waals surface area (Å²) in [5.74, 6) is -0.496. The maximum Gasteiger partial charge on any atom is 0.217 e. The van der Waals surface area contributed by atoms with Crippen LogP contribution in [0.5, 0.6) is 0 Å². The largest absolute Gasteiger partial charge is 0.346 e. The van der Waals surface area contributed by atoms with Crippen molar-refractivity contribution in [2.75, 3.05) is 0 Å². The predicted octanol–water partition coefficient (Wildman–Crippen LogP) is 2.70. The quantitative estimate of drug-likeness (QED) is 0.849. The highest BCUT2D eigenvalue weighted by Gasteiger charge is 2.31. The van der Waals surface area contributed by atoms with Crippen LogP contribution in [0, 0.1) is 11.7 Å². The molecule has 1 aromatic carbocycles. The lowest BCUT2D eigenvalue weighted by Crippen LogP contribution is -2.44. The monoisotopic (exact) mass is 263 g/mol. The van der Waals surface area contributed by atoms with Crippen molar-refractivity contribution >= 4 is 11.7 Å². The highest BCUT2D eigenvalue weighted by atomic mass is 19.1. The van der Waals surface area contributed by atoms with Crippen molar-refractivity contribution in [2.45, 2.75) is 38.6 Å². The summed E-state index contributed by atoms with van der Waals surface area (Å²) in [6.07, 6.45) is 4.10. The average molecular weight is 263 g/mol. The van der Waals surface area contributed by atoms with Crippen molar-refractivity contribution < 1.29 is 14.0 Å². The molecule has 0 aromatic heterocycles. The summed E-state index contributed by atoms with van der Waals surface area (Å²) < 4.78 is 12.9. The van der Waals surface area contributed by atoms with Crippen molar-refractivity contribution in [1.82, 2.24) is 5.32 Å². The number of nitrogens with one attached hydrogen (secondary N) is 1. The molecule has 19 heavy (non-hydrogen) atoms.